The van der Waals surface area contributed by atoms with Gasteiger partial charge in [0, 0.05) is 16.4 Å². The van der Waals surface area contributed by atoms with Gasteiger partial charge in [-0.3, -0.25) is 4.79 Å². The highest BCUT2D eigenvalue weighted by molar-refractivity contribution is 5.74. The van der Waals surface area contributed by atoms with Crippen molar-refractivity contribution in [3.8, 4) is 11.5 Å². The van der Waals surface area contributed by atoms with Crippen LogP contribution < -0.4 is 0 Å². The van der Waals surface area contributed by atoms with Crippen molar-refractivity contribution in [2.24, 2.45) is 28.1 Å². The highest BCUT2D eigenvalue weighted by Crippen LogP contribution is 2.67. The van der Waals surface area contributed by atoms with E-state index in [0.717, 1.165) is 55.2 Å². The number of phenols is 2. The summed E-state index contributed by atoms with van der Waals surface area (Å²) in [5, 5.41) is 30.7. The van der Waals surface area contributed by atoms with E-state index in [1.165, 1.54) is 5.57 Å². The maximum atomic E-state index is 12.1. The molecule has 0 heterocycles. The van der Waals surface area contributed by atoms with Gasteiger partial charge in [-0.2, -0.15) is 0 Å². The second-order valence-electron chi connectivity index (χ2n) is 12.0. The average Bonchev–Trinajstić information content (AvgIpc) is 2.73. The van der Waals surface area contributed by atoms with Crippen LogP contribution in [0.2, 0.25) is 0 Å². The van der Waals surface area contributed by atoms with E-state index in [1.54, 1.807) is 6.07 Å². The molecule has 172 valence electrons. The quantitative estimate of drug-likeness (QED) is 0.355. The number of carboxylic acid groups (broad SMARTS) is 1. The van der Waals surface area contributed by atoms with Gasteiger partial charge in [-0.1, -0.05) is 44.6 Å². The van der Waals surface area contributed by atoms with Crippen LogP contribution in [-0.4, -0.2) is 21.3 Å². The number of phenolic OH excluding ortho intramolecular Hbond substituents is 2. The monoisotopic (exact) mass is 436 g/mol. The number of benzene rings is 1. The topological polar surface area (TPSA) is 77.8 Å². The Morgan fingerprint density at radius 1 is 1.09 bits per heavy atom. The van der Waals surface area contributed by atoms with Crippen molar-refractivity contribution in [3.05, 3.63) is 40.5 Å². The number of carbonyl (C=O) groups is 1. The Labute approximate surface area is 191 Å². The maximum absolute atomic E-state index is 12.1. The predicted molar refractivity (Wildman–Crippen MR) is 126 cm³/mol. The molecule has 0 aliphatic heterocycles. The third kappa shape index (κ3) is 2.53. The van der Waals surface area contributed by atoms with Crippen molar-refractivity contribution in [1.29, 1.82) is 0 Å². The van der Waals surface area contributed by atoms with Crippen LogP contribution in [0.4, 0.5) is 0 Å². The van der Waals surface area contributed by atoms with Gasteiger partial charge < -0.3 is 15.3 Å². The number of allylic oxidation sites excluding steroid dienone is 3. The van der Waals surface area contributed by atoms with Crippen LogP contribution in [0.3, 0.4) is 0 Å². The van der Waals surface area contributed by atoms with Gasteiger partial charge in [0.1, 0.15) is 0 Å². The first-order valence-electron chi connectivity index (χ1n) is 12.1. The van der Waals surface area contributed by atoms with Crippen LogP contribution in [0.25, 0.3) is 6.08 Å². The van der Waals surface area contributed by atoms with Crippen LogP contribution >= 0.6 is 0 Å². The first-order chi connectivity index (χ1) is 14.9. The lowest BCUT2D eigenvalue weighted by Gasteiger charge is -2.62. The third-order valence-corrected chi connectivity index (χ3v) is 10.5. The number of hydrogen-bond acceptors (Lipinski definition) is 3. The van der Waals surface area contributed by atoms with Crippen molar-refractivity contribution in [3.63, 3.8) is 0 Å². The minimum absolute atomic E-state index is 0.0305. The van der Waals surface area contributed by atoms with Crippen molar-refractivity contribution in [2.75, 3.05) is 0 Å². The Bertz CT molecular complexity index is 1080. The number of fused-ring (bicyclic) bond motifs is 7. The molecule has 0 amide bonds. The van der Waals surface area contributed by atoms with Gasteiger partial charge in [-0.05, 0) is 86.8 Å². The first kappa shape index (κ1) is 21.6. The minimum atomic E-state index is -0.653. The molecule has 2 saturated carbocycles. The Hall–Kier alpha value is -2.23. The number of carboxylic acids is 1. The zero-order valence-electron chi connectivity index (χ0n) is 20.0. The van der Waals surface area contributed by atoms with Crippen LogP contribution in [-0.2, 0) is 10.2 Å². The molecular weight excluding hydrogens is 400 g/mol. The predicted octanol–water partition coefficient (Wildman–Crippen LogP) is 6.33. The molecule has 0 radical (unpaired) electrons. The number of rotatable bonds is 1. The molecule has 0 spiro atoms. The molecule has 0 bridgehead atoms. The highest BCUT2D eigenvalue weighted by Gasteiger charge is 2.60. The van der Waals surface area contributed by atoms with Crippen molar-refractivity contribution < 1.29 is 20.1 Å². The molecule has 1 aromatic carbocycles. The second-order valence-corrected chi connectivity index (χ2v) is 12.0. The summed E-state index contributed by atoms with van der Waals surface area (Å²) in [5.74, 6) is 0.0427. The van der Waals surface area contributed by atoms with Gasteiger partial charge in [0.2, 0.25) is 0 Å². The van der Waals surface area contributed by atoms with Crippen LogP contribution in [0.1, 0.15) is 82.9 Å². The van der Waals surface area contributed by atoms with E-state index in [9.17, 15) is 20.1 Å². The van der Waals surface area contributed by atoms with E-state index >= 15 is 0 Å². The number of hydrogen-bond donors (Lipinski definition) is 3. The molecule has 1 aromatic rings. The molecule has 4 nitrogen and oxygen atoms in total. The normalized spacial score (nSPS) is 42.2. The van der Waals surface area contributed by atoms with Gasteiger partial charge in [0.05, 0.1) is 5.41 Å². The van der Waals surface area contributed by atoms with Crippen molar-refractivity contribution in [2.45, 2.75) is 78.6 Å². The summed E-state index contributed by atoms with van der Waals surface area (Å²) in [6.07, 6.45) is 12.4. The van der Waals surface area contributed by atoms with Crippen LogP contribution in [0, 0.1) is 35.0 Å². The van der Waals surface area contributed by atoms with Crippen molar-refractivity contribution in [1.82, 2.24) is 0 Å². The fourth-order valence-electron chi connectivity index (χ4n) is 7.76. The summed E-state index contributed by atoms with van der Waals surface area (Å²) in [6, 6.07) is 1.77. The Balaban J connectivity index is 1.62. The summed E-state index contributed by atoms with van der Waals surface area (Å²) >= 11 is 0. The van der Waals surface area contributed by atoms with E-state index in [2.05, 4.69) is 39.0 Å². The molecule has 4 aliphatic carbocycles. The Morgan fingerprint density at radius 2 is 1.81 bits per heavy atom. The highest BCUT2D eigenvalue weighted by atomic mass is 16.4. The smallest absolute Gasteiger partial charge is 0.309 e. The summed E-state index contributed by atoms with van der Waals surface area (Å²) in [7, 11) is 0. The molecule has 3 N–H and O–H groups in total. The largest absolute Gasteiger partial charge is 0.504 e. The van der Waals surface area contributed by atoms with Crippen LogP contribution in [0.15, 0.2) is 23.8 Å². The third-order valence-electron chi connectivity index (χ3n) is 10.5. The zero-order chi connectivity index (χ0) is 23.3. The van der Waals surface area contributed by atoms with E-state index in [4.69, 9.17) is 0 Å². The Kier molecular flexibility index (Phi) is 4.34. The fraction of sp³-hybridized carbons (Fsp3) is 0.607. The van der Waals surface area contributed by atoms with E-state index < -0.39 is 11.4 Å². The van der Waals surface area contributed by atoms with Gasteiger partial charge in [0.25, 0.3) is 0 Å². The Morgan fingerprint density at radius 3 is 2.50 bits per heavy atom. The van der Waals surface area contributed by atoms with E-state index in [-0.39, 0.29) is 27.7 Å². The summed E-state index contributed by atoms with van der Waals surface area (Å²) < 4.78 is 0. The fourth-order valence-corrected chi connectivity index (χ4v) is 7.76. The summed E-state index contributed by atoms with van der Waals surface area (Å²) in [5.41, 5.74) is 3.48. The molecule has 5 rings (SSSR count). The molecule has 4 heteroatoms. The SMILES string of the molecule is Cc1c(O)c(O)cc2c1C=C[C@@]1(C)C3=CC[C@@]4(C)CCC(C)(C(=O)O)C[C@H]4C3CCC21C. The van der Waals surface area contributed by atoms with E-state index in [0.29, 0.717) is 11.8 Å². The van der Waals surface area contributed by atoms with Gasteiger partial charge in [0.15, 0.2) is 11.5 Å². The van der Waals surface area contributed by atoms with E-state index in [1.807, 2.05) is 13.8 Å². The standard InChI is InChI=1S/C28H36O4/c1-16-17-6-10-27(4)19-8-9-25(2)12-13-26(3,24(31)32)15-21(25)18(19)7-11-28(27,5)20(17)14-22(29)23(16)30/h6,8,10,14,18,21,29-30H,7,9,11-13,15H2,1-5H3,(H,31,32)/t18?,21-,25-,26?,27-,28?/m0/s1. The molecule has 0 aromatic heterocycles. The molecule has 0 saturated heterocycles. The average molecular weight is 437 g/mol. The first-order valence-corrected chi connectivity index (χ1v) is 12.1. The molecule has 3 unspecified atom stereocenters. The van der Waals surface area contributed by atoms with Gasteiger partial charge in [-0.15, -0.1) is 0 Å². The maximum Gasteiger partial charge on any atom is 0.309 e. The molecule has 2 fully saturated rings. The lowest BCUT2D eigenvalue weighted by Crippen LogP contribution is -2.55. The molecule has 6 atom stereocenters. The van der Waals surface area contributed by atoms with Crippen LogP contribution in [0.5, 0.6) is 11.5 Å². The lowest BCUT2D eigenvalue weighted by atomic mass is 9.42. The minimum Gasteiger partial charge on any atom is -0.504 e. The molecule has 32 heavy (non-hydrogen) atoms. The van der Waals surface area contributed by atoms with Crippen molar-refractivity contribution >= 4 is 12.0 Å². The second kappa shape index (κ2) is 6.42. The number of aromatic hydroxyl groups is 2. The van der Waals surface area contributed by atoms with Gasteiger partial charge >= 0.3 is 5.97 Å². The molecule has 4 aliphatic rings. The number of aliphatic carboxylic acids is 1. The summed E-state index contributed by atoms with van der Waals surface area (Å²) in [6.45, 7) is 10.8. The lowest BCUT2D eigenvalue weighted by molar-refractivity contribution is -0.155. The van der Waals surface area contributed by atoms with Gasteiger partial charge in [-0.25, -0.2) is 0 Å². The zero-order valence-corrected chi connectivity index (χ0v) is 20.0. The summed E-state index contributed by atoms with van der Waals surface area (Å²) in [4.78, 5) is 12.1. The molecular formula is C28H36O4.